The molecule has 0 saturated heterocycles. The Morgan fingerprint density at radius 2 is 1.94 bits per heavy atom. The monoisotopic (exact) mass is 245 g/mol. The zero-order chi connectivity index (χ0) is 13.1. The smallest absolute Gasteiger partial charge is 0.118 e. The summed E-state index contributed by atoms with van der Waals surface area (Å²) in [6.07, 6.45) is 0. The van der Waals surface area contributed by atoms with E-state index in [4.69, 9.17) is 10.5 Å². The van der Waals surface area contributed by atoms with Gasteiger partial charge in [-0.05, 0) is 37.6 Å². The number of aromatic nitrogens is 2. The van der Waals surface area contributed by atoms with Crippen molar-refractivity contribution in [1.29, 1.82) is 0 Å². The van der Waals surface area contributed by atoms with Crippen LogP contribution < -0.4 is 10.5 Å². The van der Waals surface area contributed by atoms with Gasteiger partial charge in [0.15, 0.2) is 0 Å². The lowest BCUT2D eigenvalue weighted by Gasteiger charge is -2.14. The van der Waals surface area contributed by atoms with Crippen molar-refractivity contribution in [3.63, 3.8) is 0 Å². The van der Waals surface area contributed by atoms with Gasteiger partial charge in [0.25, 0.3) is 0 Å². The van der Waals surface area contributed by atoms with E-state index in [1.807, 2.05) is 42.8 Å². The number of nitrogens with two attached hydrogens (primary N) is 1. The highest BCUT2D eigenvalue weighted by atomic mass is 16.5. The Morgan fingerprint density at radius 1 is 1.28 bits per heavy atom. The minimum absolute atomic E-state index is 0.0612. The van der Waals surface area contributed by atoms with Crippen molar-refractivity contribution in [2.24, 2.45) is 5.73 Å². The molecule has 2 aromatic rings. The van der Waals surface area contributed by atoms with Crippen molar-refractivity contribution in [3.05, 3.63) is 47.3 Å². The predicted octanol–water partition coefficient (Wildman–Crippen LogP) is 2.21. The minimum Gasteiger partial charge on any atom is -0.497 e. The van der Waals surface area contributed by atoms with E-state index in [2.05, 4.69) is 11.2 Å². The molecule has 1 aromatic carbocycles. The molecule has 4 heteroatoms. The minimum atomic E-state index is -0.0612. The second-order valence-electron chi connectivity index (χ2n) is 4.49. The molecule has 0 spiro atoms. The molecule has 18 heavy (non-hydrogen) atoms. The van der Waals surface area contributed by atoms with Crippen LogP contribution in [0.1, 0.15) is 23.0 Å². The molecule has 2 N–H and O–H groups in total. The maximum absolute atomic E-state index is 6.20. The molecule has 2 rings (SSSR count). The van der Waals surface area contributed by atoms with Gasteiger partial charge in [0, 0.05) is 11.7 Å². The molecule has 0 aliphatic carbocycles. The van der Waals surface area contributed by atoms with E-state index in [-0.39, 0.29) is 6.04 Å². The van der Waals surface area contributed by atoms with Crippen molar-refractivity contribution in [2.45, 2.75) is 26.4 Å². The molecule has 1 atom stereocenters. The summed E-state index contributed by atoms with van der Waals surface area (Å²) in [5.74, 6) is 0.845. The highest BCUT2D eigenvalue weighted by molar-refractivity contribution is 5.29. The van der Waals surface area contributed by atoms with E-state index in [0.717, 1.165) is 22.7 Å². The Balaban J connectivity index is 2.11. The van der Waals surface area contributed by atoms with Gasteiger partial charge in [-0.3, -0.25) is 4.68 Å². The summed E-state index contributed by atoms with van der Waals surface area (Å²) < 4.78 is 7.08. The van der Waals surface area contributed by atoms with Crippen LogP contribution >= 0.6 is 0 Å². The van der Waals surface area contributed by atoms with Crippen molar-refractivity contribution in [3.8, 4) is 5.75 Å². The highest BCUT2D eigenvalue weighted by Gasteiger charge is 2.09. The average molecular weight is 245 g/mol. The molecule has 1 heterocycles. The van der Waals surface area contributed by atoms with E-state index >= 15 is 0 Å². The summed E-state index contributed by atoms with van der Waals surface area (Å²) in [7, 11) is 1.66. The number of aryl methyl sites for hydroxylation is 2. The van der Waals surface area contributed by atoms with Gasteiger partial charge in [-0.25, -0.2) is 0 Å². The highest BCUT2D eigenvalue weighted by Crippen LogP contribution is 2.18. The number of hydrogen-bond acceptors (Lipinski definition) is 3. The molecule has 0 saturated carbocycles. The third-order valence-electron chi connectivity index (χ3n) is 3.02. The standard InChI is InChI=1S/C14H19N3O/c1-10-8-11(2)17(16-10)9-14(15)12-4-6-13(18-3)7-5-12/h4-8,14H,9,15H2,1-3H3. The van der Waals surface area contributed by atoms with Crippen LogP contribution in [0.15, 0.2) is 30.3 Å². The summed E-state index contributed by atoms with van der Waals surface area (Å²) in [5.41, 5.74) is 9.44. The van der Waals surface area contributed by atoms with Crippen LogP contribution in [0.5, 0.6) is 5.75 Å². The first-order chi connectivity index (χ1) is 8.60. The van der Waals surface area contributed by atoms with E-state index in [9.17, 15) is 0 Å². The lowest BCUT2D eigenvalue weighted by atomic mass is 10.1. The Morgan fingerprint density at radius 3 is 2.44 bits per heavy atom. The fourth-order valence-corrected chi connectivity index (χ4v) is 2.00. The van der Waals surface area contributed by atoms with E-state index in [0.29, 0.717) is 6.54 Å². The fourth-order valence-electron chi connectivity index (χ4n) is 2.00. The van der Waals surface area contributed by atoms with Gasteiger partial charge in [-0.1, -0.05) is 12.1 Å². The number of nitrogens with zero attached hydrogens (tertiary/aromatic N) is 2. The first-order valence-electron chi connectivity index (χ1n) is 6.00. The van der Waals surface area contributed by atoms with Gasteiger partial charge in [-0.15, -0.1) is 0 Å². The number of hydrogen-bond donors (Lipinski definition) is 1. The number of ether oxygens (including phenoxy) is 1. The molecule has 0 aliphatic heterocycles. The second-order valence-corrected chi connectivity index (χ2v) is 4.49. The molecule has 1 aromatic heterocycles. The van der Waals surface area contributed by atoms with Gasteiger partial charge < -0.3 is 10.5 Å². The third kappa shape index (κ3) is 2.71. The van der Waals surface area contributed by atoms with Crippen molar-refractivity contribution >= 4 is 0 Å². The summed E-state index contributed by atoms with van der Waals surface area (Å²) in [6, 6.07) is 9.84. The van der Waals surface area contributed by atoms with Gasteiger partial charge in [0.05, 0.1) is 19.3 Å². The number of methoxy groups -OCH3 is 1. The molecule has 0 radical (unpaired) electrons. The molecule has 0 aliphatic rings. The Labute approximate surface area is 107 Å². The van der Waals surface area contributed by atoms with Crippen LogP contribution in [0, 0.1) is 13.8 Å². The maximum atomic E-state index is 6.20. The zero-order valence-electron chi connectivity index (χ0n) is 11.1. The van der Waals surface area contributed by atoms with Gasteiger partial charge >= 0.3 is 0 Å². The molecule has 1 unspecified atom stereocenters. The molecule has 4 nitrogen and oxygen atoms in total. The quantitative estimate of drug-likeness (QED) is 0.898. The molecule has 0 bridgehead atoms. The lowest BCUT2D eigenvalue weighted by Crippen LogP contribution is -2.19. The second kappa shape index (κ2) is 5.23. The zero-order valence-corrected chi connectivity index (χ0v) is 11.1. The number of rotatable bonds is 4. The third-order valence-corrected chi connectivity index (χ3v) is 3.02. The van der Waals surface area contributed by atoms with Gasteiger partial charge in [-0.2, -0.15) is 5.10 Å². The summed E-state index contributed by atoms with van der Waals surface area (Å²) in [5, 5.41) is 4.42. The van der Waals surface area contributed by atoms with Gasteiger partial charge in [0.2, 0.25) is 0 Å². The van der Waals surface area contributed by atoms with Crippen LogP contribution in [0.25, 0.3) is 0 Å². The Kier molecular flexibility index (Phi) is 3.67. The topological polar surface area (TPSA) is 53.1 Å². The fraction of sp³-hybridized carbons (Fsp3) is 0.357. The van der Waals surface area contributed by atoms with Crippen molar-refractivity contribution in [1.82, 2.24) is 9.78 Å². The van der Waals surface area contributed by atoms with E-state index in [1.165, 1.54) is 0 Å². The van der Waals surface area contributed by atoms with Gasteiger partial charge in [0.1, 0.15) is 5.75 Å². The van der Waals surface area contributed by atoms with E-state index < -0.39 is 0 Å². The summed E-state index contributed by atoms with van der Waals surface area (Å²) in [4.78, 5) is 0. The van der Waals surface area contributed by atoms with Crippen LogP contribution in [0.3, 0.4) is 0 Å². The number of benzene rings is 1. The SMILES string of the molecule is COc1ccc(C(N)Cn2nc(C)cc2C)cc1. The maximum Gasteiger partial charge on any atom is 0.118 e. The normalized spacial score (nSPS) is 12.4. The molecule has 0 amide bonds. The van der Waals surface area contributed by atoms with Crippen LogP contribution in [0.2, 0.25) is 0 Å². The largest absolute Gasteiger partial charge is 0.497 e. The first-order valence-corrected chi connectivity index (χ1v) is 6.00. The van der Waals surface area contributed by atoms with Crippen LogP contribution in [0.4, 0.5) is 0 Å². The van der Waals surface area contributed by atoms with Crippen LogP contribution in [-0.4, -0.2) is 16.9 Å². The summed E-state index contributed by atoms with van der Waals surface area (Å²) in [6.45, 7) is 4.72. The Bertz CT molecular complexity index is 516. The molecule has 96 valence electrons. The summed E-state index contributed by atoms with van der Waals surface area (Å²) >= 11 is 0. The van der Waals surface area contributed by atoms with Crippen molar-refractivity contribution in [2.75, 3.05) is 7.11 Å². The predicted molar refractivity (Wildman–Crippen MR) is 71.6 cm³/mol. The first kappa shape index (κ1) is 12.6. The van der Waals surface area contributed by atoms with E-state index in [1.54, 1.807) is 7.11 Å². The van der Waals surface area contributed by atoms with Crippen LogP contribution in [-0.2, 0) is 6.54 Å². The molecular weight excluding hydrogens is 226 g/mol. The molecule has 0 fully saturated rings. The Hall–Kier alpha value is -1.81. The average Bonchev–Trinajstić information content (AvgIpc) is 2.68. The van der Waals surface area contributed by atoms with Crippen molar-refractivity contribution < 1.29 is 4.74 Å². The molecular formula is C14H19N3O. The lowest BCUT2D eigenvalue weighted by molar-refractivity contribution is 0.414.